The van der Waals surface area contributed by atoms with Crippen molar-refractivity contribution in [3.8, 4) is 0 Å². The van der Waals surface area contributed by atoms with Crippen LogP contribution in [0, 0.1) is 0 Å². The molecule has 0 aromatic carbocycles. The first kappa shape index (κ1) is 13.8. The van der Waals surface area contributed by atoms with E-state index in [1.807, 2.05) is 20.9 Å². The Morgan fingerprint density at radius 3 is 2.42 bits per heavy atom. The Morgan fingerprint density at radius 1 is 1.50 bits per heavy atom. The molecule has 12 heavy (non-hydrogen) atoms. The van der Waals surface area contributed by atoms with Crippen LogP contribution in [0.15, 0.2) is 4.99 Å². The third kappa shape index (κ3) is 9.19. The molecular formula is C7H22N5+. The first-order chi connectivity index (χ1) is 5.85. The summed E-state index contributed by atoms with van der Waals surface area (Å²) in [6, 6.07) is 0. The van der Waals surface area contributed by atoms with Gasteiger partial charge in [0.05, 0.1) is 20.1 Å². The topological polar surface area (TPSA) is 79.0 Å². The minimum absolute atomic E-state index is 0.627. The maximum absolute atomic E-state index is 5.11. The maximum atomic E-state index is 5.11. The van der Waals surface area contributed by atoms with Crippen LogP contribution in [0.2, 0.25) is 0 Å². The highest BCUT2D eigenvalue weighted by Crippen LogP contribution is 1.58. The van der Waals surface area contributed by atoms with Gasteiger partial charge in [-0.05, 0) is 0 Å². The van der Waals surface area contributed by atoms with Crippen LogP contribution in [0.1, 0.15) is 13.8 Å². The van der Waals surface area contributed by atoms with Crippen molar-refractivity contribution in [1.29, 1.82) is 0 Å². The molecule has 0 atom stereocenters. The Balaban J connectivity index is 0. The third-order valence-corrected chi connectivity index (χ3v) is 1.09. The lowest BCUT2D eigenvalue weighted by Crippen LogP contribution is -2.81. The van der Waals surface area contributed by atoms with Crippen LogP contribution < -0.4 is 21.9 Å². The van der Waals surface area contributed by atoms with Crippen LogP contribution >= 0.6 is 0 Å². The fourth-order valence-electron chi connectivity index (χ4n) is 0.530. The summed E-state index contributed by atoms with van der Waals surface area (Å²) in [5.74, 6) is 5.74. The second kappa shape index (κ2) is 12.8. The first-order valence-corrected chi connectivity index (χ1v) is 4.30. The molecule has 0 amide bonds. The quantitative estimate of drug-likeness (QED) is 0.135. The predicted octanol–water partition coefficient (Wildman–Crippen LogP) is -1.76. The summed E-state index contributed by atoms with van der Waals surface area (Å²) in [6.07, 6.45) is 0. The average Bonchev–Trinajstić information content (AvgIpc) is 2.16. The molecule has 74 valence electrons. The van der Waals surface area contributed by atoms with E-state index < -0.39 is 0 Å². The van der Waals surface area contributed by atoms with E-state index in [1.54, 1.807) is 7.05 Å². The van der Waals surface area contributed by atoms with Gasteiger partial charge < -0.3 is 10.6 Å². The molecule has 0 spiro atoms. The number of quaternary nitrogens is 1. The van der Waals surface area contributed by atoms with Gasteiger partial charge in [0, 0.05) is 7.05 Å². The van der Waals surface area contributed by atoms with E-state index in [2.05, 4.69) is 21.1 Å². The Morgan fingerprint density at radius 2 is 2.08 bits per heavy atom. The molecule has 0 aromatic rings. The zero-order valence-corrected chi connectivity index (χ0v) is 8.52. The second-order valence-corrected chi connectivity index (χ2v) is 1.84. The molecule has 0 heterocycles. The minimum atomic E-state index is 0.627. The SMILES string of the molecule is CC.CN=C(NN)NCC[NH2+]C. The molecular weight excluding hydrogens is 154 g/mol. The summed E-state index contributed by atoms with van der Waals surface area (Å²) in [4.78, 5) is 3.83. The summed E-state index contributed by atoms with van der Waals surface area (Å²) < 4.78 is 0. The average molecular weight is 176 g/mol. The molecule has 0 bridgehead atoms. The molecule has 0 radical (unpaired) electrons. The Labute approximate surface area is 74.8 Å². The molecule has 0 aliphatic carbocycles. The van der Waals surface area contributed by atoms with Crippen molar-refractivity contribution in [1.82, 2.24) is 10.7 Å². The molecule has 0 aliphatic heterocycles. The van der Waals surface area contributed by atoms with Crippen molar-refractivity contribution in [3.63, 3.8) is 0 Å². The van der Waals surface area contributed by atoms with Crippen molar-refractivity contribution >= 4 is 5.96 Å². The molecule has 0 unspecified atom stereocenters. The molecule has 0 aliphatic rings. The smallest absolute Gasteiger partial charge is 0.205 e. The van der Waals surface area contributed by atoms with E-state index in [4.69, 9.17) is 5.84 Å². The summed E-state index contributed by atoms with van der Waals surface area (Å²) in [5, 5.41) is 5.08. The number of hydrogen-bond acceptors (Lipinski definition) is 2. The third-order valence-electron chi connectivity index (χ3n) is 1.09. The summed E-state index contributed by atoms with van der Waals surface area (Å²) in [6.45, 7) is 5.88. The van der Waals surface area contributed by atoms with E-state index in [0.717, 1.165) is 13.1 Å². The lowest BCUT2D eigenvalue weighted by atomic mass is 10.6. The van der Waals surface area contributed by atoms with Crippen molar-refractivity contribution < 1.29 is 5.32 Å². The molecule has 0 rings (SSSR count). The van der Waals surface area contributed by atoms with Crippen molar-refractivity contribution in [2.75, 3.05) is 27.2 Å². The second-order valence-electron chi connectivity index (χ2n) is 1.84. The lowest BCUT2D eigenvalue weighted by molar-refractivity contribution is -0.624. The summed E-state index contributed by atoms with van der Waals surface area (Å²) in [7, 11) is 3.69. The van der Waals surface area contributed by atoms with E-state index in [1.165, 1.54) is 0 Å². The Hall–Kier alpha value is -0.810. The zero-order chi connectivity index (χ0) is 9.82. The molecule has 5 nitrogen and oxygen atoms in total. The maximum Gasteiger partial charge on any atom is 0.205 e. The molecule has 5 heteroatoms. The number of aliphatic imine (C=N–C) groups is 1. The van der Waals surface area contributed by atoms with E-state index in [-0.39, 0.29) is 0 Å². The normalized spacial score (nSPS) is 9.92. The monoisotopic (exact) mass is 176 g/mol. The van der Waals surface area contributed by atoms with Gasteiger partial charge in [0.15, 0.2) is 0 Å². The van der Waals surface area contributed by atoms with E-state index in [0.29, 0.717) is 5.96 Å². The number of hydrazine groups is 1. The summed E-state index contributed by atoms with van der Waals surface area (Å²) in [5.41, 5.74) is 2.44. The van der Waals surface area contributed by atoms with Crippen LogP contribution in [0.5, 0.6) is 0 Å². The Kier molecular flexibility index (Phi) is 14.7. The van der Waals surface area contributed by atoms with Gasteiger partial charge in [0.2, 0.25) is 5.96 Å². The van der Waals surface area contributed by atoms with E-state index in [9.17, 15) is 0 Å². The predicted molar refractivity (Wildman–Crippen MR) is 52.7 cm³/mol. The first-order valence-electron chi connectivity index (χ1n) is 4.30. The van der Waals surface area contributed by atoms with Crippen LogP contribution in [0.25, 0.3) is 0 Å². The van der Waals surface area contributed by atoms with Gasteiger partial charge in [-0.2, -0.15) is 0 Å². The van der Waals surface area contributed by atoms with E-state index >= 15 is 0 Å². The molecule has 0 fully saturated rings. The fraction of sp³-hybridized carbons (Fsp3) is 0.857. The van der Waals surface area contributed by atoms with Crippen LogP contribution in [0.4, 0.5) is 0 Å². The Bertz CT molecular complexity index is 102. The molecule has 6 N–H and O–H groups in total. The standard InChI is InChI=1S/C5H15N5.C2H6/c1-7-3-4-9-5(8-2)10-6;1-2/h7H,3-4,6H2,1-2H3,(H2,8,9,10);1-2H3/p+1. The number of hydrogen-bond donors (Lipinski definition) is 4. The van der Waals surface area contributed by atoms with Crippen LogP contribution in [-0.2, 0) is 0 Å². The van der Waals surface area contributed by atoms with Gasteiger partial charge in [-0.1, -0.05) is 13.8 Å². The number of nitrogens with one attached hydrogen (secondary N) is 2. The molecule has 0 aromatic heterocycles. The van der Waals surface area contributed by atoms with Crippen molar-refractivity contribution in [2.45, 2.75) is 13.8 Å². The highest BCUT2D eigenvalue weighted by atomic mass is 15.3. The van der Waals surface area contributed by atoms with Crippen LogP contribution in [0.3, 0.4) is 0 Å². The van der Waals surface area contributed by atoms with Crippen molar-refractivity contribution in [3.05, 3.63) is 0 Å². The van der Waals surface area contributed by atoms with Gasteiger partial charge in [0.1, 0.15) is 0 Å². The van der Waals surface area contributed by atoms with Gasteiger partial charge in [-0.25, -0.2) is 5.84 Å². The van der Waals surface area contributed by atoms with Crippen molar-refractivity contribution in [2.24, 2.45) is 10.8 Å². The van der Waals surface area contributed by atoms with Gasteiger partial charge in [-0.3, -0.25) is 10.4 Å². The number of nitrogens with zero attached hydrogens (tertiary/aromatic N) is 1. The number of rotatable bonds is 3. The van der Waals surface area contributed by atoms with Crippen LogP contribution in [-0.4, -0.2) is 33.1 Å². The zero-order valence-electron chi connectivity index (χ0n) is 8.52. The molecule has 0 saturated heterocycles. The molecule has 0 saturated carbocycles. The highest BCUT2D eigenvalue weighted by molar-refractivity contribution is 5.78. The highest BCUT2D eigenvalue weighted by Gasteiger charge is 1.90. The fourth-order valence-corrected chi connectivity index (χ4v) is 0.530. The van der Waals surface area contributed by atoms with Gasteiger partial charge in [0.25, 0.3) is 0 Å². The number of likely N-dealkylation sites (N-methyl/N-ethyl adjacent to an activating group) is 1. The lowest BCUT2D eigenvalue weighted by Gasteiger charge is -2.05. The largest absolute Gasteiger partial charge is 0.350 e. The van der Waals surface area contributed by atoms with Gasteiger partial charge in [-0.15, -0.1) is 0 Å². The summed E-state index contributed by atoms with van der Waals surface area (Å²) >= 11 is 0. The van der Waals surface area contributed by atoms with Gasteiger partial charge >= 0.3 is 0 Å². The number of nitrogens with two attached hydrogens (primary N) is 2. The number of guanidine groups is 1. The minimum Gasteiger partial charge on any atom is -0.350 e.